The monoisotopic (exact) mass is 442 g/mol. The topological polar surface area (TPSA) is 18.5 Å². The van der Waals surface area contributed by atoms with E-state index in [9.17, 15) is 13.2 Å². The minimum atomic E-state index is -1.10. The third-order valence-corrected chi connectivity index (χ3v) is 7.03. The Hall–Kier alpha value is -2.45. The van der Waals surface area contributed by atoms with E-state index in [-0.39, 0.29) is 16.9 Å². The average molecular weight is 443 g/mol. The van der Waals surface area contributed by atoms with Gasteiger partial charge in [0.1, 0.15) is 5.82 Å². The van der Waals surface area contributed by atoms with Crippen LogP contribution in [0.1, 0.15) is 68.1 Å². The highest BCUT2D eigenvalue weighted by atomic mass is 19.2. The molecule has 2 aliphatic rings. The van der Waals surface area contributed by atoms with Gasteiger partial charge in [0.25, 0.3) is 0 Å². The van der Waals surface area contributed by atoms with Crippen LogP contribution in [0, 0.1) is 41.1 Å². The van der Waals surface area contributed by atoms with Gasteiger partial charge in [0, 0.05) is 6.61 Å². The largest absolute Gasteiger partial charge is 0.494 e. The summed E-state index contributed by atoms with van der Waals surface area (Å²) in [6.07, 6.45) is 7.15. The number of methoxy groups -OCH3 is 1. The van der Waals surface area contributed by atoms with Crippen molar-refractivity contribution in [1.82, 2.24) is 0 Å². The standard InChI is InChI=1S/C27H29F3O2/c1-3-32-23-12-10-20-14-19(8-9-21(20)15-23)22-7-5-17(24(28)16-22)4-6-18-11-13-25(31-2)27(30)26(18)29/h5,7,11,13,16,19-21,23H,3,8-10,12,14-15H2,1-2H3. The first-order valence-corrected chi connectivity index (χ1v) is 11.4. The average Bonchev–Trinajstić information content (AvgIpc) is 2.80. The minimum Gasteiger partial charge on any atom is -0.494 e. The highest BCUT2D eigenvalue weighted by Crippen LogP contribution is 2.46. The molecule has 0 saturated heterocycles. The first-order valence-electron chi connectivity index (χ1n) is 11.4. The molecule has 0 amide bonds. The molecule has 0 aromatic heterocycles. The Kier molecular flexibility index (Phi) is 7.10. The molecular formula is C27H29F3O2. The summed E-state index contributed by atoms with van der Waals surface area (Å²) in [4.78, 5) is 0. The predicted molar refractivity (Wildman–Crippen MR) is 118 cm³/mol. The molecule has 2 aromatic carbocycles. The Morgan fingerprint density at radius 3 is 2.34 bits per heavy atom. The van der Waals surface area contributed by atoms with Gasteiger partial charge in [-0.05, 0) is 93.0 Å². The summed E-state index contributed by atoms with van der Waals surface area (Å²) in [5.74, 6) is 4.12. The molecule has 2 fully saturated rings. The van der Waals surface area contributed by atoms with E-state index >= 15 is 0 Å². The zero-order chi connectivity index (χ0) is 22.7. The molecule has 5 heteroatoms. The SMILES string of the molecule is CCOC1CCC2CC(c3ccc(C#Cc4ccc(OC)c(F)c4F)c(F)c3)CCC2C1. The maximum absolute atomic E-state index is 14.8. The summed E-state index contributed by atoms with van der Waals surface area (Å²) < 4.78 is 53.3. The molecule has 4 unspecified atom stereocenters. The number of ether oxygens (including phenoxy) is 2. The normalized spacial score (nSPS) is 24.9. The summed E-state index contributed by atoms with van der Waals surface area (Å²) in [5.41, 5.74) is 1.04. The molecule has 2 aromatic rings. The molecule has 0 N–H and O–H groups in total. The van der Waals surface area contributed by atoms with Crippen LogP contribution in [0.25, 0.3) is 0 Å². The molecule has 0 heterocycles. The molecule has 0 aliphatic heterocycles. The van der Waals surface area contributed by atoms with Gasteiger partial charge in [0.05, 0.1) is 24.3 Å². The third-order valence-electron chi connectivity index (χ3n) is 7.03. The lowest BCUT2D eigenvalue weighted by Crippen LogP contribution is -2.33. The predicted octanol–water partition coefficient (Wildman–Crippen LogP) is 6.60. The molecular weight excluding hydrogens is 413 g/mol. The lowest BCUT2D eigenvalue weighted by molar-refractivity contribution is -0.00956. The molecule has 0 radical (unpaired) electrons. The number of hydrogen-bond donors (Lipinski definition) is 0. The second kappa shape index (κ2) is 10.0. The fourth-order valence-electron chi connectivity index (χ4n) is 5.34. The van der Waals surface area contributed by atoms with Crippen LogP contribution in [0.3, 0.4) is 0 Å². The number of halogens is 3. The summed E-state index contributed by atoms with van der Waals surface area (Å²) >= 11 is 0. The van der Waals surface area contributed by atoms with E-state index in [0.717, 1.165) is 44.3 Å². The first-order chi connectivity index (χ1) is 15.5. The molecule has 2 nitrogen and oxygen atoms in total. The molecule has 2 aliphatic carbocycles. The van der Waals surface area contributed by atoms with Crippen LogP contribution in [0.4, 0.5) is 13.2 Å². The maximum Gasteiger partial charge on any atom is 0.201 e. The van der Waals surface area contributed by atoms with Crippen molar-refractivity contribution in [1.29, 1.82) is 0 Å². The van der Waals surface area contributed by atoms with Crippen molar-refractivity contribution >= 4 is 0 Å². The van der Waals surface area contributed by atoms with E-state index in [1.165, 1.54) is 25.7 Å². The van der Waals surface area contributed by atoms with Crippen LogP contribution in [-0.2, 0) is 4.74 Å². The quantitative estimate of drug-likeness (QED) is 0.497. The molecule has 170 valence electrons. The fourth-order valence-corrected chi connectivity index (χ4v) is 5.34. The van der Waals surface area contributed by atoms with E-state index in [2.05, 4.69) is 18.8 Å². The van der Waals surface area contributed by atoms with Gasteiger partial charge in [-0.3, -0.25) is 0 Å². The van der Waals surface area contributed by atoms with Crippen molar-refractivity contribution in [3.63, 3.8) is 0 Å². The van der Waals surface area contributed by atoms with Gasteiger partial charge in [-0.2, -0.15) is 4.39 Å². The van der Waals surface area contributed by atoms with Crippen LogP contribution in [-0.4, -0.2) is 19.8 Å². The second-order valence-electron chi connectivity index (χ2n) is 8.85. The van der Waals surface area contributed by atoms with Crippen molar-refractivity contribution in [2.24, 2.45) is 11.8 Å². The van der Waals surface area contributed by atoms with Crippen LogP contribution >= 0.6 is 0 Å². The number of rotatable bonds is 4. The van der Waals surface area contributed by atoms with Crippen LogP contribution in [0.2, 0.25) is 0 Å². The number of benzene rings is 2. The summed E-state index contributed by atoms with van der Waals surface area (Å²) in [6, 6.07) is 7.77. The zero-order valence-electron chi connectivity index (χ0n) is 18.6. The molecule has 4 atom stereocenters. The van der Waals surface area contributed by atoms with Gasteiger partial charge < -0.3 is 9.47 Å². The summed E-state index contributed by atoms with van der Waals surface area (Å²) in [6.45, 7) is 2.83. The van der Waals surface area contributed by atoms with E-state index in [1.54, 1.807) is 12.1 Å². The van der Waals surface area contributed by atoms with Crippen molar-refractivity contribution < 1.29 is 22.6 Å². The van der Waals surface area contributed by atoms with Crippen molar-refractivity contribution in [3.8, 4) is 17.6 Å². The van der Waals surface area contributed by atoms with Gasteiger partial charge in [-0.1, -0.05) is 17.9 Å². The smallest absolute Gasteiger partial charge is 0.201 e. The van der Waals surface area contributed by atoms with E-state index < -0.39 is 17.5 Å². The highest BCUT2D eigenvalue weighted by Gasteiger charge is 2.36. The molecule has 2 saturated carbocycles. The second-order valence-corrected chi connectivity index (χ2v) is 8.85. The van der Waals surface area contributed by atoms with Gasteiger partial charge in [0.15, 0.2) is 11.6 Å². The third kappa shape index (κ3) is 4.81. The maximum atomic E-state index is 14.8. The number of hydrogen-bond acceptors (Lipinski definition) is 2. The zero-order valence-corrected chi connectivity index (χ0v) is 18.6. The molecule has 0 bridgehead atoms. The Morgan fingerprint density at radius 1 is 0.875 bits per heavy atom. The van der Waals surface area contributed by atoms with Crippen molar-refractivity contribution in [2.45, 2.75) is 57.5 Å². The Bertz CT molecular complexity index is 1020. The lowest BCUT2D eigenvalue weighted by Gasteiger charge is -2.42. The van der Waals surface area contributed by atoms with E-state index in [1.807, 2.05) is 6.07 Å². The molecule has 4 rings (SSSR count). The Balaban J connectivity index is 1.45. The highest BCUT2D eigenvalue weighted by molar-refractivity contribution is 5.47. The van der Waals surface area contributed by atoms with Crippen molar-refractivity contribution in [3.05, 3.63) is 64.5 Å². The summed E-state index contributed by atoms with van der Waals surface area (Å²) in [5, 5.41) is 0. The van der Waals surface area contributed by atoms with Gasteiger partial charge >= 0.3 is 0 Å². The Labute approximate surface area is 188 Å². The first kappa shape index (κ1) is 22.7. The van der Waals surface area contributed by atoms with E-state index in [0.29, 0.717) is 23.9 Å². The fraction of sp³-hybridized carbons (Fsp3) is 0.481. The summed E-state index contributed by atoms with van der Waals surface area (Å²) in [7, 11) is 1.26. The van der Waals surface area contributed by atoms with Crippen LogP contribution in [0.15, 0.2) is 30.3 Å². The van der Waals surface area contributed by atoms with Gasteiger partial charge in [-0.15, -0.1) is 0 Å². The molecule has 32 heavy (non-hydrogen) atoms. The van der Waals surface area contributed by atoms with E-state index in [4.69, 9.17) is 9.47 Å². The minimum absolute atomic E-state index is 0.132. The van der Waals surface area contributed by atoms with Crippen molar-refractivity contribution in [2.75, 3.05) is 13.7 Å². The van der Waals surface area contributed by atoms with Crippen LogP contribution in [0.5, 0.6) is 5.75 Å². The lowest BCUT2D eigenvalue weighted by atomic mass is 9.65. The number of fused-ring (bicyclic) bond motifs is 1. The Morgan fingerprint density at radius 2 is 1.59 bits per heavy atom. The van der Waals surface area contributed by atoms with Gasteiger partial charge in [0.2, 0.25) is 5.82 Å². The van der Waals surface area contributed by atoms with Gasteiger partial charge in [-0.25, -0.2) is 8.78 Å². The van der Waals surface area contributed by atoms with Crippen LogP contribution < -0.4 is 4.74 Å². The molecule has 0 spiro atoms.